The van der Waals surface area contributed by atoms with Crippen molar-refractivity contribution in [1.82, 2.24) is 9.62 Å². The molecular formula is C18H22N2O3S. The summed E-state index contributed by atoms with van der Waals surface area (Å²) in [6.07, 6.45) is 0. The Labute approximate surface area is 143 Å². The molecule has 0 aliphatic carbocycles. The summed E-state index contributed by atoms with van der Waals surface area (Å²) >= 11 is 0. The molecule has 5 nitrogen and oxygen atoms in total. The van der Waals surface area contributed by atoms with E-state index in [4.69, 9.17) is 0 Å². The lowest BCUT2D eigenvalue weighted by Gasteiger charge is -2.17. The van der Waals surface area contributed by atoms with Crippen LogP contribution in [-0.4, -0.2) is 32.2 Å². The first kappa shape index (κ1) is 18.2. The first-order valence-electron chi connectivity index (χ1n) is 7.65. The Morgan fingerprint density at radius 3 is 2.38 bits per heavy atom. The van der Waals surface area contributed by atoms with Crippen molar-refractivity contribution in [2.24, 2.45) is 0 Å². The van der Waals surface area contributed by atoms with Crippen molar-refractivity contribution in [3.05, 3.63) is 65.2 Å². The molecule has 2 aromatic rings. The maximum atomic E-state index is 12.4. The van der Waals surface area contributed by atoms with Gasteiger partial charge in [0.15, 0.2) is 0 Å². The van der Waals surface area contributed by atoms with Crippen LogP contribution in [-0.2, 0) is 21.4 Å². The van der Waals surface area contributed by atoms with Gasteiger partial charge in [-0.15, -0.1) is 0 Å². The molecule has 0 atom stereocenters. The number of carbonyl (C=O) groups excluding carboxylic acids is 1. The molecule has 2 aromatic carbocycles. The van der Waals surface area contributed by atoms with Crippen molar-refractivity contribution in [2.75, 3.05) is 13.6 Å². The fraction of sp³-hybridized carbons (Fsp3) is 0.278. The zero-order valence-corrected chi connectivity index (χ0v) is 14.9. The van der Waals surface area contributed by atoms with Crippen molar-refractivity contribution in [1.29, 1.82) is 0 Å². The SMILES string of the molecule is Cc1ccc(CNC(=O)CN(C)S(=O)(=O)c2ccccc2)c(C)c1. The van der Waals surface area contributed by atoms with Crippen LogP contribution in [0.15, 0.2) is 53.4 Å². The Morgan fingerprint density at radius 1 is 1.08 bits per heavy atom. The van der Waals surface area contributed by atoms with Gasteiger partial charge in [0.25, 0.3) is 0 Å². The number of aryl methyl sites for hydroxylation is 2. The Balaban J connectivity index is 1.97. The van der Waals surface area contributed by atoms with Gasteiger partial charge in [-0.25, -0.2) is 8.42 Å². The average Bonchev–Trinajstić information content (AvgIpc) is 2.54. The fourth-order valence-corrected chi connectivity index (χ4v) is 3.50. The molecule has 0 aromatic heterocycles. The molecule has 24 heavy (non-hydrogen) atoms. The minimum Gasteiger partial charge on any atom is -0.351 e. The van der Waals surface area contributed by atoms with Crippen LogP contribution in [0.3, 0.4) is 0 Å². The highest BCUT2D eigenvalue weighted by Gasteiger charge is 2.22. The molecular weight excluding hydrogens is 324 g/mol. The Hall–Kier alpha value is -2.18. The Bertz CT molecular complexity index is 817. The standard InChI is InChI=1S/C18H22N2O3S/c1-14-9-10-16(15(2)11-14)12-19-18(21)13-20(3)24(22,23)17-7-5-4-6-8-17/h4-11H,12-13H2,1-3H3,(H,19,21). The molecule has 0 aliphatic heterocycles. The molecule has 0 spiro atoms. The highest BCUT2D eigenvalue weighted by molar-refractivity contribution is 7.89. The lowest BCUT2D eigenvalue weighted by atomic mass is 10.1. The predicted octanol–water partition coefficient (Wildman–Crippen LogP) is 2.24. The molecule has 0 heterocycles. The van der Waals surface area contributed by atoms with Gasteiger partial charge in [0, 0.05) is 13.6 Å². The largest absolute Gasteiger partial charge is 0.351 e. The molecule has 2 rings (SSSR count). The number of hydrogen-bond donors (Lipinski definition) is 1. The minimum atomic E-state index is -3.66. The third kappa shape index (κ3) is 4.43. The van der Waals surface area contributed by atoms with Gasteiger partial charge in [0.2, 0.25) is 15.9 Å². The van der Waals surface area contributed by atoms with Crippen molar-refractivity contribution in [3.8, 4) is 0 Å². The summed E-state index contributed by atoms with van der Waals surface area (Å²) in [5, 5.41) is 2.77. The number of sulfonamides is 1. The molecule has 0 unspecified atom stereocenters. The molecule has 0 fully saturated rings. The Kier molecular flexibility index (Phi) is 5.75. The van der Waals surface area contributed by atoms with E-state index in [1.807, 2.05) is 32.0 Å². The normalized spacial score (nSPS) is 11.5. The summed E-state index contributed by atoms with van der Waals surface area (Å²) in [4.78, 5) is 12.2. The molecule has 0 bridgehead atoms. The number of rotatable bonds is 6. The maximum absolute atomic E-state index is 12.4. The van der Waals surface area contributed by atoms with Gasteiger partial charge in [0.05, 0.1) is 11.4 Å². The summed E-state index contributed by atoms with van der Waals surface area (Å²) in [7, 11) is -2.26. The second kappa shape index (κ2) is 7.59. The maximum Gasteiger partial charge on any atom is 0.243 e. The highest BCUT2D eigenvalue weighted by atomic mass is 32.2. The van der Waals surface area contributed by atoms with E-state index in [2.05, 4.69) is 5.32 Å². The quantitative estimate of drug-likeness (QED) is 0.872. The third-order valence-corrected chi connectivity index (χ3v) is 5.61. The second-order valence-corrected chi connectivity index (χ2v) is 7.83. The van der Waals surface area contributed by atoms with Gasteiger partial charge in [-0.1, -0.05) is 42.0 Å². The van der Waals surface area contributed by atoms with Crippen LogP contribution in [0.2, 0.25) is 0 Å². The van der Waals surface area contributed by atoms with Crippen LogP contribution in [0.25, 0.3) is 0 Å². The second-order valence-electron chi connectivity index (χ2n) is 5.78. The van der Waals surface area contributed by atoms with E-state index >= 15 is 0 Å². The van der Waals surface area contributed by atoms with Gasteiger partial charge < -0.3 is 5.32 Å². The first-order chi connectivity index (χ1) is 11.3. The minimum absolute atomic E-state index is 0.176. The predicted molar refractivity (Wildman–Crippen MR) is 94.0 cm³/mol. The molecule has 0 saturated heterocycles. The van der Waals surface area contributed by atoms with Crippen LogP contribution in [0, 0.1) is 13.8 Å². The summed E-state index contributed by atoms with van der Waals surface area (Å²) in [6, 6.07) is 14.1. The van der Waals surface area contributed by atoms with Crippen LogP contribution in [0.1, 0.15) is 16.7 Å². The molecule has 6 heteroatoms. The van der Waals surface area contributed by atoms with E-state index in [0.717, 1.165) is 21.0 Å². The lowest BCUT2D eigenvalue weighted by Crippen LogP contribution is -2.38. The summed E-state index contributed by atoms with van der Waals surface area (Å²) in [5.41, 5.74) is 3.28. The molecule has 1 amide bonds. The van der Waals surface area contributed by atoms with Gasteiger partial charge in [-0.2, -0.15) is 4.31 Å². The van der Waals surface area contributed by atoms with E-state index in [9.17, 15) is 13.2 Å². The highest BCUT2D eigenvalue weighted by Crippen LogP contribution is 2.13. The molecule has 128 valence electrons. The van der Waals surface area contributed by atoms with E-state index in [1.54, 1.807) is 18.2 Å². The zero-order chi connectivity index (χ0) is 17.7. The molecule has 0 radical (unpaired) electrons. The first-order valence-corrected chi connectivity index (χ1v) is 9.09. The van der Waals surface area contributed by atoms with E-state index < -0.39 is 10.0 Å². The van der Waals surface area contributed by atoms with E-state index in [0.29, 0.717) is 6.54 Å². The van der Waals surface area contributed by atoms with E-state index in [1.165, 1.54) is 19.2 Å². The van der Waals surface area contributed by atoms with Gasteiger partial charge in [0.1, 0.15) is 0 Å². The van der Waals surface area contributed by atoms with Crippen molar-refractivity contribution < 1.29 is 13.2 Å². The monoisotopic (exact) mass is 346 g/mol. The summed E-state index contributed by atoms with van der Waals surface area (Å²) in [6.45, 7) is 4.16. The van der Waals surface area contributed by atoms with Crippen molar-refractivity contribution >= 4 is 15.9 Å². The molecule has 0 aliphatic rings. The van der Waals surface area contributed by atoms with E-state index in [-0.39, 0.29) is 17.3 Å². The smallest absolute Gasteiger partial charge is 0.243 e. The Morgan fingerprint density at radius 2 is 1.75 bits per heavy atom. The summed E-state index contributed by atoms with van der Waals surface area (Å²) < 4.78 is 25.8. The van der Waals surface area contributed by atoms with Gasteiger partial charge in [-0.05, 0) is 37.1 Å². The number of carbonyl (C=O) groups is 1. The van der Waals surface area contributed by atoms with Crippen LogP contribution < -0.4 is 5.32 Å². The third-order valence-electron chi connectivity index (χ3n) is 3.79. The number of hydrogen-bond acceptors (Lipinski definition) is 3. The summed E-state index contributed by atoms with van der Waals surface area (Å²) in [5.74, 6) is -0.336. The number of nitrogens with one attached hydrogen (secondary N) is 1. The van der Waals surface area contributed by atoms with Crippen LogP contribution >= 0.6 is 0 Å². The number of amides is 1. The lowest BCUT2D eigenvalue weighted by molar-refractivity contribution is -0.121. The van der Waals surface area contributed by atoms with Crippen LogP contribution in [0.5, 0.6) is 0 Å². The average molecular weight is 346 g/mol. The number of nitrogens with zero attached hydrogens (tertiary/aromatic N) is 1. The zero-order valence-electron chi connectivity index (χ0n) is 14.1. The van der Waals surface area contributed by atoms with Crippen LogP contribution in [0.4, 0.5) is 0 Å². The fourth-order valence-electron chi connectivity index (χ4n) is 2.35. The molecule has 0 saturated carbocycles. The van der Waals surface area contributed by atoms with Gasteiger partial charge in [-0.3, -0.25) is 4.79 Å². The molecule has 1 N–H and O–H groups in total. The number of likely N-dealkylation sites (N-methyl/N-ethyl adjacent to an activating group) is 1. The van der Waals surface area contributed by atoms with Crippen molar-refractivity contribution in [3.63, 3.8) is 0 Å². The topological polar surface area (TPSA) is 66.5 Å². The number of benzene rings is 2. The van der Waals surface area contributed by atoms with Crippen molar-refractivity contribution in [2.45, 2.75) is 25.3 Å². The van der Waals surface area contributed by atoms with Gasteiger partial charge >= 0.3 is 0 Å².